The molecule has 1 heterocycles. The number of hydrogen-bond acceptors (Lipinski definition) is 4. The van der Waals surface area contributed by atoms with E-state index in [0.717, 1.165) is 23.2 Å². The quantitative estimate of drug-likeness (QED) is 0.242. The topological polar surface area (TPSA) is 56.5 Å². The summed E-state index contributed by atoms with van der Waals surface area (Å²) in [5.74, 6) is 0.286. The lowest BCUT2D eigenvalue weighted by atomic mass is 10.1. The van der Waals surface area contributed by atoms with Gasteiger partial charge in [0.05, 0.1) is 38.8 Å². The van der Waals surface area contributed by atoms with Gasteiger partial charge in [-0.15, -0.1) is 0 Å². The van der Waals surface area contributed by atoms with Gasteiger partial charge in [-0.05, 0) is 55.3 Å². The van der Waals surface area contributed by atoms with Gasteiger partial charge in [-0.25, -0.2) is 4.98 Å². The van der Waals surface area contributed by atoms with E-state index in [0.29, 0.717) is 16.8 Å². The SMILES string of the molecule is CC[C@@H](C)Oc1c(Cl)cc(C=Nn2c(-c3cccc(C(F)(F)F)c3)nc3ccccc3c2=O)cc1Cl. The Kier molecular flexibility index (Phi) is 7.38. The van der Waals surface area contributed by atoms with Crippen molar-refractivity contribution in [2.45, 2.75) is 32.5 Å². The summed E-state index contributed by atoms with van der Waals surface area (Å²) in [6.45, 7) is 3.85. The summed E-state index contributed by atoms with van der Waals surface area (Å²) in [4.78, 5) is 17.7. The van der Waals surface area contributed by atoms with Crippen LogP contribution in [-0.4, -0.2) is 22.0 Å². The molecule has 0 aliphatic carbocycles. The Balaban J connectivity index is 1.85. The second-order valence-electron chi connectivity index (χ2n) is 8.04. The van der Waals surface area contributed by atoms with Crippen LogP contribution in [0.1, 0.15) is 31.4 Å². The number of alkyl halides is 3. The maximum absolute atomic E-state index is 13.3. The van der Waals surface area contributed by atoms with E-state index in [-0.39, 0.29) is 32.9 Å². The molecule has 5 nitrogen and oxygen atoms in total. The molecule has 0 aliphatic rings. The first-order valence-electron chi connectivity index (χ1n) is 11.0. The van der Waals surface area contributed by atoms with Crippen LogP contribution < -0.4 is 10.3 Å². The minimum atomic E-state index is -4.56. The van der Waals surface area contributed by atoms with Crippen LogP contribution in [0.5, 0.6) is 5.75 Å². The average molecular weight is 534 g/mol. The van der Waals surface area contributed by atoms with Gasteiger partial charge in [-0.3, -0.25) is 4.79 Å². The van der Waals surface area contributed by atoms with Gasteiger partial charge in [-0.2, -0.15) is 22.9 Å². The third kappa shape index (κ3) is 5.39. The first-order valence-corrected chi connectivity index (χ1v) is 11.7. The monoisotopic (exact) mass is 533 g/mol. The average Bonchev–Trinajstić information content (AvgIpc) is 2.85. The molecule has 1 aromatic heterocycles. The molecule has 10 heteroatoms. The van der Waals surface area contributed by atoms with Crippen LogP contribution >= 0.6 is 23.2 Å². The molecule has 0 saturated carbocycles. The molecule has 4 aromatic rings. The van der Waals surface area contributed by atoms with E-state index in [4.69, 9.17) is 27.9 Å². The van der Waals surface area contributed by atoms with Crippen molar-refractivity contribution in [2.24, 2.45) is 5.10 Å². The number of benzene rings is 3. The minimum Gasteiger partial charge on any atom is -0.488 e. The third-order valence-corrected chi connectivity index (χ3v) is 6.00. The molecule has 0 bridgehead atoms. The lowest BCUT2D eigenvalue weighted by Gasteiger charge is -2.15. The molecule has 1 atom stereocenters. The summed E-state index contributed by atoms with van der Waals surface area (Å²) in [6, 6.07) is 14.2. The van der Waals surface area contributed by atoms with Gasteiger partial charge in [0.15, 0.2) is 11.6 Å². The molecular weight excluding hydrogens is 514 g/mol. The second kappa shape index (κ2) is 10.3. The van der Waals surface area contributed by atoms with E-state index in [1.807, 2.05) is 13.8 Å². The van der Waals surface area contributed by atoms with E-state index in [9.17, 15) is 18.0 Å². The summed E-state index contributed by atoms with van der Waals surface area (Å²) in [7, 11) is 0. The highest BCUT2D eigenvalue weighted by molar-refractivity contribution is 6.37. The summed E-state index contributed by atoms with van der Waals surface area (Å²) < 4.78 is 46.7. The molecule has 0 saturated heterocycles. The van der Waals surface area contributed by atoms with Crippen molar-refractivity contribution < 1.29 is 17.9 Å². The first kappa shape index (κ1) is 25.7. The first-order chi connectivity index (χ1) is 17.1. The van der Waals surface area contributed by atoms with Crippen LogP contribution in [0.2, 0.25) is 10.0 Å². The van der Waals surface area contributed by atoms with E-state index < -0.39 is 17.3 Å². The number of halogens is 5. The van der Waals surface area contributed by atoms with Crippen molar-refractivity contribution in [3.05, 3.63) is 92.2 Å². The van der Waals surface area contributed by atoms with Crippen LogP contribution in [0.15, 0.2) is 70.6 Å². The largest absolute Gasteiger partial charge is 0.488 e. The van der Waals surface area contributed by atoms with E-state index in [2.05, 4.69) is 10.1 Å². The lowest BCUT2D eigenvalue weighted by molar-refractivity contribution is -0.137. The van der Waals surface area contributed by atoms with Gasteiger partial charge >= 0.3 is 6.18 Å². The van der Waals surface area contributed by atoms with Crippen molar-refractivity contribution in [1.82, 2.24) is 9.66 Å². The van der Waals surface area contributed by atoms with Gasteiger partial charge in [0.25, 0.3) is 5.56 Å². The maximum atomic E-state index is 13.3. The highest BCUT2D eigenvalue weighted by Crippen LogP contribution is 2.35. The molecule has 186 valence electrons. The Morgan fingerprint density at radius 1 is 1.08 bits per heavy atom. The summed E-state index contributed by atoms with van der Waals surface area (Å²) >= 11 is 12.7. The number of ether oxygens (including phenoxy) is 1. The fraction of sp³-hybridized carbons (Fsp3) is 0.192. The fourth-order valence-electron chi connectivity index (χ4n) is 3.43. The predicted molar refractivity (Wildman–Crippen MR) is 136 cm³/mol. The van der Waals surface area contributed by atoms with E-state index in [1.165, 1.54) is 18.3 Å². The highest BCUT2D eigenvalue weighted by Gasteiger charge is 2.31. The number of fused-ring (bicyclic) bond motifs is 1. The molecule has 0 N–H and O–H groups in total. The second-order valence-corrected chi connectivity index (χ2v) is 8.86. The molecule has 0 unspecified atom stereocenters. The van der Waals surface area contributed by atoms with Gasteiger partial charge in [-0.1, -0.05) is 54.4 Å². The summed E-state index contributed by atoms with van der Waals surface area (Å²) in [5, 5.41) is 5.04. The molecule has 0 radical (unpaired) electrons. The fourth-order valence-corrected chi connectivity index (χ4v) is 4.02. The van der Waals surface area contributed by atoms with Crippen LogP contribution in [-0.2, 0) is 6.18 Å². The van der Waals surface area contributed by atoms with Crippen molar-refractivity contribution >= 4 is 40.3 Å². The number of nitrogens with zero attached hydrogens (tertiary/aromatic N) is 3. The van der Waals surface area contributed by atoms with Crippen LogP contribution in [0.25, 0.3) is 22.3 Å². The lowest BCUT2D eigenvalue weighted by Crippen LogP contribution is -2.20. The Labute approximate surface area is 214 Å². The van der Waals surface area contributed by atoms with Crippen LogP contribution in [0.3, 0.4) is 0 Å². The molecular formula is C26H20Cl2F3N3O2. The molecule has 36 heavy (non-hydrogen) atoms. The molecule has 0 fully saturated rings. The number of para-hydroxylation sites is 1. The van der Waals surface area contributed by atoms with Gasteiger partial charge in [0.1, 0.15) is 0 Å². The Hall–Kier alpha value is -3.36. The van der Waals surface area contributed by atoms with Crippen molar-refractivity contribution in [3.8, 4) is 17.1 Å². The molecule has 0 aliphatic heterocycles. The highest BCUT2D eigenvalue weighted by atomic mass is 35.5. The Morgan fingerprint density at radius 2 is 1.78 bits per heavy atom. The number of rotatable bonds is 6. The molecule has 3 aromatic carbocycles. The number of aromatic nitrogens is 2. The Morgan fingerprint density at radius 3 is 2.44 bits per heavy atom. The smallest absolute Gasteiger partial charge is 0.416 e. The summed E-state index contributed by atoms with van der Waals surface area (Å²) in [6.07, 6.45) is -2.57. The molecule has 4 rings (SSSR count). The zero-order valence-electron chi connectivity index (χ0n) is 19.2. The Bertz CT molecular complexity index is 1490. The predicted octanol–water partition coefficient (Wildman–Crippen LogP) is 7.45. The number of hydrogen-bond donors (Lipinski definition) is 0. The summed E-state index contributed by atoms with van der Waals surface area (Å²) in [5.41, 5.74) is -0.541. The van der Waals surface area contributed by atoms with Crippen LogP contribution in [0, 0.1) is 0 Å². The van der Waals surface area contributed by atoms with E-state index >= 15 is 0 Å². The molecule has 0 amide bonds. The maximum Gasteiger partial charge on any atom is 0.416 e. The normalized spacial score (nSPS) is 12.9. The van der Waals surface area contributed by atoms with Gasteiger partial charge in [0.2, 0.25) is 0 Å². The molecule has 0 spiro atoms. The standard InChI is InChI=1S/C26H20Cl2F3N3O2/c1-3-15(2)36-23-20(27)11-16(12-21(23)28)14-32-34-24(17-7-6-8-18(13-17)26(29,30)31)33-22-10-5-4-9-19(22)25(34)35/h4-15H,3H2,1-2H3/t15-/m1/s1. The van der Waals surface area contributed by atoms with Gasteiger partial charge in [0, 0.05) is 5.56 Å². The third-order valence-electron chi connectivity index (χ3n) is 5.44. The van der Waals surface area contributed by atoms with Crippen molar-refractivity contribution in [3.63, 3.8) is 0 Å². The minimum absolute atomic E-state index is 0.0463. The zero-order valence-corrected chi connectivity index (χ0v) is 20.7. The zero-order chi connectivity index (χ0) is 26.0. The van der Waals surface area contributed by atoms with Gasteiger partial charge < -0.3 is 4.74 Å². The van der Waals surface area contributed by atoms with E-state index in [1.54, 1.807) is 36.4 Å². The van der Waals surface area contributed by atoms with Crippen molar-refractivity contribution in [2.75, 3.05) is 0 Å². The van der Waals surface area contributed by atoms with Crippen LogP contribution in [0.4, 0.5) is 13.2 Å². The van der Waals surface area contributed by atoms with Crippen molar-refractivity contribution in [1.29, 1.82) is 0 Å².